The highest BCUT2D eigenvalue weighted by Gasteiger charge is 2.41. The number of amides is 1. The molecule has 2 aromatic rings. The Morgan fingerprint density at radius 1 is 1.24 bits per heavy atom. The summed E-state index contributed by atoms with van der Waals surface area (Å²) < 4.78 is 1.32. The van der Waals surface area contributed by atoms with E-state index >= 15 is 0 Å². The number of aromatic nitrogens is 2. The molecule has 1 aliphatic rings. The van der Waals surface area contributed by atoms with Gasteiger partial charge in [0.05, 0.1) is 4.92 Å². The monoisotopic (exact) mass is 469 g/mol. The van der Waals surface area contributed by atoms with Gasteiger partial charge in [-0.05, 0) is 59.9 Å². The molecule has 1 aromatic heterocycles. The molecule has 1 saturated heterocycles. The summed E-state index contributed by atoms with van der Waals surface area (Å²) in [5, 5.41) is 19.6. The predicted octanol–water partition coefficient (Wildman–Crippen LogP) is 4.00. The summed E-state index contributed by atoms with van der Waals surface area (Å²) in [5.74, 6) is -0.427. The van der Waals surface area contributed by atoms with E-state index < -0.39 is 16.3 Å². The number of aryl methyl sites for hydroxylation is 1. The molecular formula is C25H35N5O4. The van der Waals surface area contributed by atoms with Gasteiger partial charge in [0, 0.05) is 41.5 Å². The summed E-state index contributed by atoms with van der Waals surface area (Å²) in [6.07, 6.45) is 3.20. The Bertz CT molecular complexity index is 1120. The smallest absolute Gasteiger partial charge is 0.294 e. The van der Waals surface area contributed by atoms with Gasteiger partial charge in [0.15, 0.2) is 5.69 Å². The van der Waals surface area contributed by atoms with E-state index in [1.807, 2.05) is 0 Å². The normalized spacial score (nSPS) is 17.4. The van der Waals surface area contributed by atoms with Crippen LogP contribution in [0.25, 0.3) is 5.69 Å². The number of carbonyl (C=O) groups is 1. The van der Waals surface area contributed by atoms with Crippen LogP contribution >= 0.6 is 0 Å². The SMILES string of the molecule is CCCCN(C(=O)c1nn(-c2ccccc2[N+](=O)[O-])c(C)cc1=O)C1CC(C)(C)NC(C)(C)C1. The van der Waals surface area contributed by atoms with Crippen LogP contribution in [0.2, 0.25) is 0 Å². The van der Waals surface area contributed by atoms with Crippen LogP contribution in [0, 0.1) is 17.0 Å². The van der Waals surface area contributed by atoms with E-state index in [1.165, 1.54) is 16.8 Å². The van der Waals surface area contributed by atoms with Crippen molar-refractivity contribution < 1.29 is 9.72 Å². The fourth-order valence-electron chi connectivity index (χ4n) is 5.14. The minimum absolute atomic E-state index is 0.0627. The molecule has 0 unspecified atom stereocenters. The van der Waals surface area contributed by atoms with E-state index in [0.29, 0.717) is 12.2 Å². The summed E-state index contributed by atoms with van der Waals surface area (Å²) in [4.78, 5) is 39.6. The van der Waals surface area contributed by atoms with E-state index in [0.717, 1.165) is 25.7 Å². The Morgan fingerprint density at radius 3 is 2.44 bits per heavy atom. The van der Waals surface area contributed by atoms with Crippen LogP contribution in [0.3, 0.4) is 0 Å². The summed E-state index contributed by atoms with van der Waals surface area (Å²) >= 11 is 0. The third kappa shape index (κ3) is 5.52. The zero-order chi connectivity index (χ0) is 25.3. The lowest BCUT2D eigenvalue weighted by Crippen LogP contribution is -2.63. The average Bonchev–Trinajstić information content (AvgIpc) is 2.71. The van der Waals surface area contributed by atoms with Gasteiger partial charge in [-0.25, -0.2) is 4.68 Å². The summed E-state index contributed by atoms with van der Waals surface area (Å²) in [6, 6.07) is 7.43. The van der Waals surface area contributed by atoms with Crippen molar-refractivity contribution in [3.63, 3.8) is 0 Å². The van der Waals surface area contributed by atoms with Crippen molar-refractivity contribution in [3.05, 3.63) is 62.1 Å². The van der Waals surface area contributed by atoms with Crippen LogP contribution in [0.15, 0.2) is 35.1 Å². The molecule has 1 aromatic carbocycles. The lowest BCUT2D eigenvalue weighted by atomic mass is 9.79. The molecule has 3 rings (SSSR count). The molecule has 1 amide bonds. The van der Waals surface area contributed by atoms with Gasteiger partial charge in [-0.15, -0.1) is 0 Å². The van der Waals surface area contributed by atoms with Crippen molar-refractivity contribution in [2.75, 3.05) is 6.54 Å². The van der Waals surface area contributed by atoms with Gasteiger partial charge in [-0.1, -0.05) is 25.5 Å². The maximum atomic E-state index is 13.8. The molecule has 34 heavy (non-hydrogen) atoms. The number of hydrogen-bond donors (Lipinski definition) is 1. The second kappa shape index (κ2) is 9.66. The highest BCUT2D eigenvalue weighted by molar-refractivity contribution is 5.92. The maximum Gasteiger partial charge on any atom is 0.294 e. The molecule has 9 heteroatoms. The molecule has 1 N–H and O–H groups in total. The van der Waals surface area contributed by atoms with E-state index in [9.17, 15) is 19.7 Å². The molecule has 9 nitrogen and oxygen atoms in total. The van der Waals surface area contributed by atoms with Crippen molar-refractivity contribution in [1.29, 1.82) is 0 Å². The Kier molecular flexibility index (Phi) is 7.26. The Hall–Kier alpha value is -3.07. The number of piperidine rings is 1. The summed E-state index contributed by atoms with van der Waals surface area (Å²) in [5.41, 5.74) is -0.570. The number of nitrogens with one attached hydrogen (secondary N) is 1. The minimum Gasteiger partial charge on any atom is -0.334 e. The predicted molar refractivity (Wildman–Crippen MR) is 131 cm³/mol. The Balaban J connectivity index is 2.08. The molecule has 184 valence electrons. The van der Waals surface area contributed by atoms with Crippen LogP contribution in [0.1, 0.15) is 76.5 Å². The first-order valence-corrected chi connectivity index (χ1v) is 11.8. The summed E-state index contributed by atoms with van der Waals surface area (Å²) in [6.45, 7) is 12.7. The third-order valence-corrected chi connectivity index (χ3v) is 6.24. The Morgan fingerprint density at radius 2 is 1.85 bits per heavy atom. The molecule has 0 atom stereocenters. The van der Waals surface area contributed by atoms with Crippen molar-refractivity contribution in [2.45, 2.75) is 84.3 Å². The quantitative estimate of drug-likeness (QED) is 0.485. The first-order valence-electron chi connectivity index (χ1n) is 11.8. The number of para-hydroxylation sites is 2. The van der Waals surface area contributed by atoms with Crippen molar-refractivity contribution in [1.82, 2.24) is 20.0 Å². The molecule has 1 fully saturated rings. The molecule has 0 aliphatic carbocycles. The number of benzene rings is 1. The topological polar surface area (TPSA) is 110 Å². The standard InChI is InChI=1S/C25H35N5O4/c1-7-8-13-28(18-15-24(3,4)27-25(5,6)16-18)23(32)22-21(31)14-17(2)29(26-22)19-11-9-10-12-20(19)30(33)34/h9-12,14,18,27H,7-8,13,15-16H2,1-6H3. The lowest BCUT2D eigenvalue weighted by molar-refractivity contribution is -0.384. The number of rotatable bonds is 7. The molecule has 0 spiro atoms. The van der Waals surface area contributed by atoms with E-state index in [-0.39, 0.29) is 34.2 Å². The van der Waals surface area contributed by atoms with Gasteiger partial charge in [0.25, 0.3) is 11.6 Å². The second-order valence-electron chi connectivity index (χ2n) is 10.5. The number of nitro groups is 1. The highest BCUT2D eigenvalue weighted by Crippen LogP contribution is 2.32. The first-order chi connectivity index (χ1) is 15.8. The molecule has 1 aliphatic heterocycles. The van der Waals surface area contributed by atoms with E-state index in [4.69, 9.17) is 0 Å². The van der Waals surface area contributed by atoms with Crippen molar-refractivity contribution in [2.24, 2.45) is 0 Å². The van der Waals surface area contributed by atoms with Crippen LogP contribution in [-0.2, 0) is 0 Å². The van der Waals surface area contributed by atoms with Gasteiger partial charge < -0.3 is 10.2 Å². The third-order valence-electron chi connectivity index (χ3n) is 6.24. The number of hydrogen-bond acceptors (Lipinski definition) is 6. The van der Waals surface area contributed by atoms with Crippen LogP contribution in [0.4, 0.5) is 5.69 Å². The van der Waals surface area contributed by atoms with Crippen LogP contribution in [-0.4, -0.2) is 49.2 Å². The van der Waals surface area contributed by atoms with Crippen LogP contribution in [0.5, 0.6) is 0 Å². The minimum atomic E-state index is -0.497. The summed E-state index contributed by atoms with van der Waals surface area (Å²) in [7, 11) is 0. The average molecular weight is 470 g/mol. The van der Waals surface area contributed by atoms with Crippen LogP contribution < -0.4 is 10.7 Å². The van der Waals surface area contributed by atoms with E-state index in [2.05, 4.69) is 45.0 Å². The van der Waals surface area contributed by atoms with Gasteiger partial charge in [0.2, 0.25) is 5.43 Å². The van der Waals surface area contributed by atoms with E-state index in [1.54, 1.807) is 30.0 Å². The zero-order valence-electron chi connectivity index (χ0n) is 20.9. The van der Waals surface area contributed by atoms with Gasteiger partial charge >= 0.3 is 0 Å². The maximum absolute atomic E-state index is 13.8. The first kappa shape index (κ1) is 25.6. The zero-order valence-corrected chi connectivity index (χ0v) is 20.9. The van der Waals surface area contributed by atoms with Gasteiger partial charge in [-0.2, -0.15) is 5.10 Å². The molecule has 0 saturated carbocycles. The fourth-order valence-corrected chi connectivity index (χ4v) is 5.14. The van der Waals surface area contributed by atoms with Gasteiger partial charge in [-0.3, -0.25) is 19.7 Å². The second-order valence-corrected chi connectivity index (χ2v) is 10.5. The number of nitrogens with zero attached hydrogens (tertiary/aromatic N) is 4. The number of nitro benzene ring substituents is 1. The Labute approximate surface area is 200 Å². The number of carbonyl (C=O) groups excluding carboxylic acids is 1. The number of unbranched alkanes of at least 4 members (excludes halogenated alkanes) is 1. The molecule has 0 bridgehead atoms. The van der Waals surface area contributed by atoms with Crippen molar-refractivity contribution in [3.8, 4) is 5.69 Å². The lowest BCUT2D eigenvalue weighted by Gasteiger charge is -2.49. The molecule has 2 heterocycles. The fraction of sp³-hybridized carbons (Fsp3) is 0.560. The molecular weight excluding hydrogens is 434 g/mol. The highest BCUT2D eigenvalue weighted by atomic mass is 16.6. The van der Waals surface area contributed by atoms with Crippen molar-refractivity contribution >= 4 is 11.6 Å². The van der Waals surface area contributed by atoms with Gasteiger partial charge in [0.1, 0.15) is 5.69 Å². The largest absolute Gasteiger partial charge is 0.334 e. The molecule has 0 radical (unpaired) electrons.